The fourth-order valence-electron chi connectivity index (χ4n) is 2.99. The summed E-state index contributed by atoms with van der Waals surface area (Å²) < 4.78 is 13.7. The van der Waals surface area contributed by atoms with Crippen molar-refractivity contribution in [2.45, 2.75) is 20.5 Å². The summed E-state index contributed by atoms with van der Waals surface area (Å²) >= 11 is 5.71. The number of rotatable bonds is 8. The maximum atomic E-state index is 12.6. The second-order valence-electron chi connectivity index (χ2n) is 7.13. The summed E-state index contributed by atoms with van der Waals surface area (Å²) in [6.45, 7) is 4.68. The number of hydrogen-bond donors (Lipinski definition) is 1. The third kappa shape index (κ3) is 6.83. The van der Waals surface area contributed by atoms with Gasteiger partial charge < -0.3 is 14.8 Å². The molecule has 0 unspecified atom stereocenters. The SMILES string of the molecule is CCOc1cc(/C=C(\C#N)C(=O)Nc2ccc(C)cc2)cc(I)c1OCc1ccccc1Br. The van der Waals surface area contributed by atoms with E-state index in [1.807, 2.05) is 62.4 Å². The van der Waals surface area contributed by atoms with Crippen molar-refractivity contribution in [3.8, 4) is 17.6 Å². The molecule has 0 saturated carbocycles. The minimum atomic E-state index is -0.469. The minimum Gasteiger partial charge on any atom is -0.490 e. The molecule has 1 N–H and O–H groups in total. The number of nitriles is 1. The smallest absolute Gasteiger partial charge is 0.266 e. The van der Waals surface area contributed by atoms with E-state index in [0.29, 0.717) is 36.0 Å². The molecule has 0 aromatic heterocycles. The fraction of sp³-hybridized carbons (Fsp3) is 0.154. The molecule has 33 heavy (non-hydrogen) atoms. The average molecular weight is 617 g/mol. The molecule has 3 aromatic carbocycles. The Morgan fingerprint density at radius 2 is 1.88 bits per heavy atom. The zero-order valence-electron chi connectivity index (χ0n) is 18.2. The van der Waals surface area contributed by atoms with Crippen LogP contribution < -0.4 is 14.8 Å². The Hall–Kier alpha value is -2.83. The van der Waals surface area contributed by atoms with Crippen molar-refractivity contribution in [1.82, 2.24) is 0 Å². The van der Waals surface area contributed by atoms with Crippen molar-refractivity contribution < 1.29 is 14.3 Å². The molecule has 0 fully saturated rings. The number of amides is 1. The van der Waals surface area contributed by atoms with Crippen LogP contribution in [0.25, 0.3) is 6.08 Å². The Kier molecular flexibility index (Phi) is 8.92. The molecule has 3 rings (SSSR count). The number of hydrogen-bond acceptors (Lipinski definition) is 4. The van der Waals surface area contributed by atoms with Gasteiger partial charge in [-0.1, -0.05) is 51.8 Å². The van der Waals surface area contributed by atoms with Crippen LogP contribution in [0, 0.1) is 21.8 Å². The van der Waals surface area contributed by atoms with Crippen LogP contribution in [0.1, 0.15) is 23.6 Å². The highest BCUT2D eigenvalue weighted by Crippen LogP contribution is 2.36. The number of aryl methyl sites for hydroxylation is 1. The van der Waals surface area contributed by atoms with Crippen molar-refractivity contribution in [2.24, 2.45) is 0 Å². The summed E-state index contributed by atoms with van der Waals surface area (Å²) in [5, 5.41) is 12.3. The first-order valence-corrected chi connectivity index (χ1v) is 12.1. The molecule has 0 aliphatic rings. The first-order valence-electron chi connectivity index (χ1n) is 10.2. The molecule has 5 nitrogen and oxygen atoms in total. The number of halogens is 2. The number of carbonyl (C=O) groups excluding carboxylic acids is 1. The summed E-state index contributed by atoms with van der Waals surface area (Å²) in [7, 11) is 0. The number of benzene rings is 3. The van der Waals surface area contributed by atoms with Crippen LogP contribution in [0.4, 0.5) is 5.69 Å². The third-order valence-corrected chi connectivity index (χ3v) is 6.22. The molecule has 1 amide bonds. The van der Waals surface area contributed by atoms with Crippen molar-refractivity contribution in [3.05, 3.63) is 91.0 Å². The highest BCUT2D eigenvalue weighted by atomic mass is 127. The Balaban J connectivity index is 1.85. The van der Waals surface area contributed by atoms with E-state index in [1.165, 1.54) is 0 Å². The molecule has 0 aliphatic carbocycles. The van der Waals surface area contributed by atoms with Crippen LogP contribution in [0.5, 0.6) is 11.5 Å². The van der Waals surface area contributed by atoms with E-state index in [4.69, 9.17) is 9.47 Å². The number of carbonyl (C=O) groups is 1. The van der Waals surface area contributed by atoms with Gasteiger partial charge in [-0.05, 0) is 78.4 Å². The van der Waals surface area contributed by atoms with Gasteiger partial charge in [0.25, 0.3) is 5.91 Å². The van der Waals surface area contributed by atoms with E-state index in [-0.39, 0.29) is 5.57 Å². The van der Waals surface area contributed by atoms with Gasteiger partial charge in [-0.3, -0.25) is 4.79 Å². The standard InChI is InChI=1S/C26H22BrIN2O3/c1-3-32-24-14-18(12-20(15-29)26(31)30-21-10-8-17(2)9-11-21)13-23(28)25(24)33-16-19-6-4-5-7-22(19)27/h4-14H,3,16H2,1-2H3,(H,30,31)/b20-12+. The van der Waals surface area contributed by atoms with Crippen molar-refractivity contribution in [1.29, 1.82) is 5.26 Å². The van der Waals surface area contributed by atoms with Crippen molar-refractivity contribution >= 4 is 56.2 Å². The van der Waals surface area contributed by atoms with Crippen LogP contribution in [-0.2, 0) is 11.4 Å². The molecule has 0 saturated heterocycles. The monoisotopic (exact) mass is 616 g/mol. The quantitative estimate of drug-likeness (QED) is 0.170. The number of ether oxygens (including phenoxy) is 2. The van der Waals surface area contributed by atoms with Crippen LogP contribution in [-0.4, -0.2) is 12.5 Å². The lowest BCUT2D eigenvalue weighted by molar-refractivity contribution is -0.112. The van der Waals surface area contributed by atoms with Gasteiger partial charge in [0, 0.05) is 15.7 Å². The molecule has 0 radical (unpaired) electrons. The topological polar surface area (TPSA) is 71.3 Å². The zero-order valence-corrected chi connectivity index (χ0v) is 21.9. The van der Waals surface area contributed by atoms with E-state index in [2.05, 4.69) is 43.8 Å². The number of nitrogens with one attached hydrogen (secondary N) is 1. The number of anilines is 1. The third-order valence-electron chi connectivity index (χ3n) is 4.65. The molecule has 0 bridgehead atoms. The highest BCUT2D eigenvalue weighted by molar-refractivity contribution is 14.1. The Labute approximate surface area is 215 Å². The molecule has 0 atom stereocenters. The van der Waals surface area contributed by atoms with Crippen LogP contribution in [0.2, 0.25) is 0 Å². The number of nitrogens with zero attached hydrogens (tertiary/aromatic N) is 1. The predicted molar refractivity (Wildman–Crippen MR) is 142 cm³/mol. The largest absolute Gasteiger partial charge is 0.490 e. The Morgan fingerprint density at radius 1 is 1.15 bits per heavy atom. The van der Waals surface area contributed by atoms with Gasteiger partial charge in [-0.2, -0.15) is 5.26 Å². The summed E-state index contributed by atoms with van der Waals surface area (Å²) in [6.07, 6.45) is 1.55. The lowest BCUT2D eigenvalue weighted by atomic mass is 10.1. The van der Waals surface area contributed by atoms with E-state index in [0.717, 1.165) is 19.2 Å². The van der Waals surface area contributed by atoms with Crippen LogP contribution in [0.3, 0.4) is 0 Å². The first kappa shape index (κ1) is 24.8. The lowest BCUT2D eigenvalue weighted by Gasteiger charge is -2.15. The van der Waals surface area contributed by atoms with Gasteiger partial charge in [0.1, 0.15) is 18.2 Å². The van der Waals surface area contributed by atoms with Gasteiger partial charge in [-0.25, -0.2) is 0 Å². The van der Waals surface area contributed by atoms with Crippen LogP contribution >= 0.6 is 38.5 Å². The van der Waals surface area contributed by atoms with Gasteiger partial charge in [0.2, 0.25) is 0 Å². The van der Waals surface area contributed by atoms with Crippen molar-refractivity contribution in [3.63, 3.8) is 0 Å². The van der Waals surface area contributed by atoms with Crippen LogP contribution in [0.15, 0.2) is 70.7 Å². The molecule has 168 valence electrons. The molecular weight excluding hydrogens is 595 g/mol. The van der Waals surface area contributed by atoms with E-state index >= 15 is 0 Å². The minimum absolute atomic E-state index is 0.00397. The van der Waals surface area contributed by atoms with E-state index < -0.39 is 5.91 Å². The van der Waals surface area contributed by atoms with Gasteiger partial charge in [0.05, 0.1) is 10.2 Å². The molecule has 0 heterocycles. The maximum Gasteiger partial charge on any atom is 0.266 e. The molecular formula is C26H22BrIN2O3. The zero-order chi connectivity index (χ0) is 23.8. The van der Waals surface area contributed by atoms with Gasteiger partial charge >= 0.3 is 0 Å². The molecule has 0 aliphatic heterocycles. The first-order chi connectivity index (χ1) is 15.9. The molecule has 3 aromatic rings. The van der Waals surface area contributed by atoms with Gasteiger partial charge in [-0.15, -0.1) is 0 Å². The average Bonchev–Trinajstić information content (AvgIpc) is 2.79. The Morgan fingerprint density at radius 3 is 2.55 bits per heavy atom. The Bertz CT molecular complexity index is 1220. The van der Waals surface area contributed by atoms with Crippen molar-refractivity contribution in [2.75, 3.05) is 11.9 Å². The summed E-state index contributed by atoms with van der Waals surface area (Å²) in [6, 6.07) is 20.9. The van der Waals surface area contributed by atoms with Gasteiger partial charge in [0.15, 0.2) is 11.5 Å². The second-order valence-corrected chi connectivity index (χ2v) is 9.15. The lowest BCUT2D eigenvalue weighted by Crippen LogP contribution is -2.13. The molecule has 0 spiro atoms. The highest BCUT2D eigenvalue weighted by Gasteiger charge is 2.15. The normalized spacial score (nSPS) is 10.9. The second kappa shape index (κ2) is 11.9. The molecule has 7 heteroatoms. The van der Waals surface area contributed by atoms with E-state index in [1.54, 1.807) is 24.3 Å². The summed E-state index contributed by atoms with van der Waals surface area (Å²) in [4.78, 5) is 12.6. The fourth-order valence-corrected chi connectivity index (χ4v) is 4.17. The van der Waals surface area contributed by atoms with E-state index in [9.17, 15) is 10.1 Å². The summed E-state index contributed by atoms with van der Waals surface area (Å²) in [5.41, 5.74) is 3.40. The predicted octanol–water partition coefficient (Wildman–Crippen LogP) is 6.89. The summed E-state index contributed by atoms with van der Waals surface area (Å²) in [5.74, 6) is 0.704. The maximum absolute atomic E-state index is 12.6.